The van der Waals surface area contributed by atoms with Crippen molar-refractivity contribution in [2.75, 3.05) is 26.2 Å². The fourth-order valence-electron chi connectivity index (χ4n) is 2.60. The molecule has 0 bridgehead atoms. The van der Waals surface area contributed by atoms with Gasteiger partial charge in [-0.3, -0.25) is 4.79 Å². The highest BCUT2D eigenvalue weighted by atomic mass is 16.4. The van der Waals surface area contributed by atoms with Gasteiger partial charge in [0.2, 0.25) is 0 Å². The Morgan fingerprint density at radius 2 is 1.76 bits per heavy atom. The largest absolute Gasteiger partial charge is 0.478 e. The van der Waals surface area contributed by atoms with Crippen LogP contribution in [0.15, 0.2) is 24.3 Å². The quantitative estimate of drug-likeness (QED) is 0.839. The van der Waals surface area contributed by atoms with Crippen molar-refractivity contribution < 1.29 is 14.7 Å². The lowest BCUT2D eigenvalue weighted by Crippen LogP contribution is -2.34. The molecule has 2 rings (SSSR count). The Bertz CT molecular complexity index is 493. The van der Waals surface area contributed by atoms with E-state index in [0.29, 0.717) is 18.0 Å². The van der Waals surface area contributed by atoms with Crippen LogP contribution in [0.1, 0.15) is 40.5 Å². The van der Waals surface area contributed by atoms with Crippen molar-refractivity contribution in [3.05, 3.63) is 35.4 Å². The number of aromatic carboxylic acids is 1. The van der Waals surface area contributed by atoms with Gasteiger partial charge in [0.1, 0.15) is 0 Å². The van der Waals surface area contributed by atoms with Gasteiger partial charge in [-0.05, 0) is 56.1 Å². The van der Waals surface area contributed by atoms with Crippen molar-refractivity contribution in [1.82, 2.24) is 10.2 Å². The van der Waals surface area contributed by atoms with Crippen LogP contribution in [0.2, 0.25) is 0 Å². The highest BCUT2D eigenvalue weighted by Gasteiger charge is 2.15. The van der Waals surface area contributed by atoms with Gasteiger partial charge in [0.05, 0.1) is 5.56 Å². The van der Waals surface area contributed by atoms with E-state index in [4.69, 9.17) is 5.11 Å². The summed E-state index contributed by atoms with van der Waals surface area (Å²) < 4.78 is 0. The Balaban J connectivity index is 1.79. The van der Waals surface area contributed by atoms with E-state index in [-0.39, 0.29) is 11.5 Å². The summed E-state index contributed by atoms with van der Waals surface area (Å²) in [6.45, 7) is 6.10. The first-order valence-electron chi connectivity index (χ1n) is 7.40. The molecule has 2 N–H and O–H groups in total. The third-order valence-electron chi connectivity index (χ3n) is 3.77. The van der Waals surface area contributed by atoms with Crippen LogP contribution in [-0.2, 0) is 0 Å². The monoisotopic (exact) mass is 290 g/mol. The number of amides is 1. The minimum absolute atomic E-state index is 0.153. The summed E-state index contributed by atoms with van der Waals surface area (Å²) in [5.41, 5.74) is 0.683. The van der Waals surface area contributed by atoms with Gasteiger partial charge >= 0.3 is 5.97 Å². The molecule has 1 atom stereocenters. The summed E-state index contributed by atoms with van der Waals surface area (Å²) in [5.74, 6) is -0.730. The van der Waals surface area contributed by atoms with Gasteiger partial charge in [-0.15, -0.1) is 0 Å². The fourth-order valence-corrected chi connectivity index (χ4v) is 2.60. The van der Waals surface area contributed by atoms with Gasteiger partial charge < -0.3 is 15.3 Å². The summed E-state index contributed by atoms with van der Waals surface area (Å²) in [6, 6.07) is 5.99. The first-order valence-corrected chi connectivity index (χ1v) is 7.40. The molecule has 21 heavy (non-hydrogen) atoms. The van der Waals surface area contributed by atoms with Gasteiger partial charge in [0.25, 0.3) is 5.91 Å². The Labute approximate surface area is 125 Å². The van der Waals surface area contributed by atoms with Gasteiger partial charge in [-0.25, -0.2) is 4.79 Å². The average molecular weight is 290 g/mol. The maximum absolute atomic E-state index is 12.0. The number of hydrogen-bond donors (Lipinski definition) is 2. The maximum atomic E-state index is 12.0. The van der Waals surface area contributed by atoms with Crippen molar-refractivity contribution in [2.45, 2.75) is 19.8 Å². The average Bonchev–Trinajstić information content (AvgIpc) is 2.97. The molecule has 0 radical (unpaired) electrons. The lowest BCUT2D eigenvalue weighted by molar-refractivity contribution is 0.0696. The number of nitrogens with one attached hydrogen (secondary N) is 1. The zero-order valence-electron chi connectivity index (χ0n) is 12.3. The van der Waals surface area contributed by atoms with E-state index in [0.717, 1.165) is 19.6 Å². The van der Waals surface area contributed by atoms with Crippen molar-refractivity contribution in [3.8, 4) is 0 Å². The standard InChI is InChI=1S/C16H22N2O3/c1-12(11-18-8-2-3-9-18)10-17-15(19)13-4-6-14(7-5-13)16(20)21/h4-7,12H,2-3,8-11H2,1H3,(H,17,19)(H,20,21). The Morgan fingerprint density at radius 1 is 1.19 bits per heavy atom. The summed E-state index contributed by atoms with van der Waals surface area (Å²) >= 11 is 0. The number of carboxylic acids is 1. The van der Waals surface area contributed by atoms with Crippen molar-refractivity contribution in [1.29, 1.82) is 0 Å². The molecule has 1 aliphatic rings. The molecule has 5 nitrogen and oxygen atoms in total. The number of carboxylic acid groups (broad SMARTS) is 1. The van der Waals surface area contributed by atoms with Crippen LogP contribution >= 0.6 is 0 Å². The summed E-state index contributed by atoms with van der Waals surface area (Å²) in [5, 5.41) is 11.7. The van der Waals surface area contributed by atoms with Gasteiger partial charge in [0, 0.05) is 18.7 Å². The number of carbonyl (C=O) groups is 2. The van der Waals surface area contributed by atoms with E-state index in [1.165, 1.54) is 25.0 Å². The fraction of sp³-hybridized carbons (Fsp3) is 0.500. The summed E-state index contributed by atoms with van der Waals surface area (Å²) in [4.78, 5) is 25.2. The third kappa shape index (κ3) is 4.56. The smallest absolute Gasteiger partial charge is 0.335 e. The van der Waals surface area contributed by atoms with Crippen LogP contribution in [0, 0.1) is 5.92 Å². The SMILES string of the molecule is CC(CNC(=O)c1ccc(C(=O)O)cc1)CN1CCCC1. The predicted molar refractivity (Wildman–Crippen MR) is 80.6 cm³/mol. The molecule has 1 aromatic rings. The second-order valence-corrected chi connectivity index (χ2v) is 5.71. The summed E-state index contributed by atoms with van der Waals surface area (Å²) in [7, 11) is 0. The van der Waals surface area contributed by atoms with Crippen LogP contribution < -0.4 is 5.32 Å². The van der Waals surface area contributed by atoms with Gasteiger partial charge in [-0.1, -0.05) is 6.92 Å². The number of benzene rings is 1. The lowest BCUT2D eigenvalue weighted by atomic mass is 10.1. The van der Waals surface area contributed by atoms with Crippen molar-refractivity contribution in [2.24, 2.45) is 5.92 Å². The molecule has 0 spiro atoms. The molecule has 1 aromatic carbocycles. The van der Waals surface area contributed by atoms with E-state index < -0.39 is 5.97 Å². The second-order valence-electron chi connectivity index (χ2n) is 5.71. The third-order valence-corrected chi connectivity index (χ3v) is 3.77. The van der Waals surface area contributed by atoms with Crippen LogP contribution in [0.3, 0.4) is 0 Å². The van der Waals surface area contributed by atoms with E-state index in [1.807, 2.05) is 0 Å². The van der Waals surface area contributed by atoms with Crippen LogP contribution in [0.25, 0.3) is 0 Å². The molecule has 1 heterocycles. The Kier molecular flexibility index (Phi) is 5.33. The second kappa shape index (κ2) is 7.22. The molecular formula is C16H22N2O3. The minimum atomic E-state index is -0.985. The van der Waals surface area contributed by atoms with E-state index >= 15 is 0 Å². The zero-order valence-corrected chi connectivity index (χ0v) is 12.3. The van der Waals surface area contributed by atoms with Gasteiger partial charge in [0.15, 0.2) is 0 Å². The van der Waals surface area contributed by atoms with Crippen LogP contribution in [-0.4, -0.2) is 48.1 Å². The molecule has 114 valence electrons. The first kappa shape index (κ1) is 15.5. The predicted octanol–water partition coefficient (Wildman–Crippen LogP) is 1.85. The minimum Gasteiger partial charge on any atom is -0.478 e. The van der Waals surface area contributed by atoms with E-state index in [1.54, 1.807) is 12.1 Å². The van der Waals surface area contributed by atoms with E-state index in [9.17, 15) is 9.59 Å². The maximum Gasteiger partial charge on any atom is 0.335 e. The zero-order chi connectivity index (χ0) is 15.2. The molecule has 1 saturated heterocycles. The molecule has 1 fully saturated rings. The molecule has 5 heteroatoms. The molecular weight excluding hydrogens is 268 g/mol. The number of rotatable bonds is 6. The Morgan fingerprint density at radius 3 is 2.33 bits per heavy atom. The number of nitrogens with zero attached hydrogens (tertiary/aromatic N) is 1. The molecule has 0 aromatic heterocycles. The van der Waals surface area contributed by atoms with E-state index in [2.05, 4.69) is 17.1 Å². The molecule has 1 aliphatic heterocycles. The highest BCUT2D eigenvalue weighted by Crippen LogP contribution is 2.10. The molecule has 1 unspecified atom stereocenters. The first-order chi connectivity index (χ1) is 10.1. The van der Waals surface area contributed by atoms with Crippen LogP contribution in [0.5, 0.6) is 0 Å². The van der Waals surface area contributed by atoms with Crippen molar-refractivity contribution >= 4 is 11.9 Å². The molecule has 0 saturated carbocycles. The summed E-state index contributed by atoms with van der Waals surface area (Å²) in [6.07, 6.45) is 2.55. The van der Waals surface area contributed by atoms with Crippen molar-refractivity contribution in [3.63, 3.8) is 0 Å². The topological polar surface area (TPSA) is 69.6 Å². The molecule has 1 amide bonds. The van der Waals surface area contributed by atoms with Crippen LogP contribution in [0.4, 0.5) is 0 Å². The lowest BCUT2D eigenvalue weighted by Gasteiger charge is -2.20. The number of carbonyl (C=O) groups excluding carboxylic acids is 1. The number of hydrogen-bond acceptors (Lipinski definition) is 3. The number of likely N-dealkylation sites (tertiary alicyclic amines) is 1. The molecule has 0 aliphatic carbocycles. The Hall–Kier alpha value is -1.88. The normalized spacial score (nSPS) is 16.6. The van der Waals surface area contributed by atoms with Gasteiger partial charge in [-0.2, -0.15) is 0 Å². The highest BCUT2D eigenvalue weighted by molar-refractivity contribution is 5.95.